The molecule has 0 bridgehead atoms. The number of benzene rings is 1. The van der Waals surface area contributed by atoms with Gasteiger partial charge in [0, 0.05) is 24.2 Å². The van der Waals surface area contributed by atoms with Crippen molar-refractivity contribution in [2.45, 2.75) is 51.6 Å². The van der Waals surface area contributed by atoms with Crippen molar-refractivity contribution in [1.82, 2.24) is 10.2 Å². The Kier molecular flexibility index (Phi) is 5.99. The Hall–Kier alpha value is -0.930. The third-order valence-electron chi connectivity index (χ3n) is 4.01. The molecular formula is C17H27FN2. The van der Waals surface area contributed by atoms with E-state index in [-0.39, 0.29) is 11.9 Å². The van der Waals surface area contributed by atoms with Gasteiger partial charge < -0.3 is 10.2 Å². The van der Waals surface area contributed by atoms with Crippen LogP contribution in [-0.4, -0.2) is 30.6 Å². The Bertz CT molecular complexity index is 404. The highest BCUT2D eigenvalue weighted by molar-refractivity contribution is 5.21. The summed E-state index contributed by atoms with van der Waals surface area (Å²) < 4.78 is 14.0. The first kappa shape index (κ1) is 15.5. The molecule has 0 radical (unpaired) electrons. The molecule has 1 N–H and O–H groups in total. The van der Waals surface area contributed by atoms with Crippen LogP contribution >= 0.6 is 0 Å². The molecule has 0 saturated heterocycles. The number of hydrogen-bond donors (Lipinski definition) is 1. The van der Waals surface area contributed by atoms with Gasteiger partial charge >= 0.3 is 0 Å². The van der Waals surface area contributed by atoms with Crippen molar-refractivity contribution < 1.29 is 4.39 Å². The molecule has 0 spiro atoms. The van der Waals surface area contributed by atoms with Crippen molar-refractivity contribution in [2.24, 2.45) is 0 Å². The molecule has 1 aliphatic rings. The molecule has 1 fully saturated rings. The lowest BCUT2D eigenvalue weighted by molar-refractivity contribution is 0.247. The standard InChI is InChI=1S/C17H27FN2/c1-3-12-20(14-9-10-14)13-11-17(19-4-2)15-7-5-6-8-16(15)18/h5-8,14,17,19H,3-4,9-13H2,1-2H3. The number of rotatable bonds is 9. The average molecular weight is 278 g/mol. The molecular weight excluding hydrogens is 251 g/mol. The highest BCUT2D eigenvalue weighted by Crippen LogP contribution is 2.28. The van der Waals surface area contributed by atoms with E-state index in [1.165, 1.54) is 25.8 Å². The summed E-state index contributed by atoms with van der Waals surface area (Å²) in [6.07, 6.45) is 4.85. The Labute approximate surface area is 122 Å². The van der Waals surface area contributed by atoms with E-state index in [0.717, 1.165) is 31.1 Å². The third kappa shape index (κ3) is 4.29. The zero-order valence-corrected chi connectivity index (χ0v) is 12.7. The average Bonchev–Trinajstić information content (AvgIpc) is 3.27. The molecule has 2 rings (SSSR count). The van der Waals surface area contributed by atoms with E-state index in [9.17, 15) is 4.39 Å². The lowest BCUT2D eigenvalue weighted by Crippen LogP contribution is -2.32. The minimum atomic E-state index is -0.0908. The number of nitrogens with zero attached hydrogens (tertiary/aromatic N) is 1. The van der Waals surface area contributed by atoms with Crippen LogP contribution in [0.1, 0.15) is 51.1 Å². The summed E-state index contributed by atoms with van der Waals surface area (Å²) in [4.78, 5) is 2.57. The van der Waals surface area contributed by atoms with E-state index >= 15 is 0 Å². The Balaban J connectivity index is 1.96. The molecule has 0 aliphatic heterocycles. The largest absolute Gasteiger partial charge is 0.310 e. The van der Waals surface area contributed by atoms with Crippen molar-refractivity contribution in [3.8, 4) is 0 Å². The fourth-order valence-electron chi connectivity index (χ4n) is 2.87. The molecule has 112 valence electrons. The van der Waals surface area contributed by atoms with Gasteiger partial charge in [-0.25, -0.2) is 4.39 Å². The molecule has 0 aromatic heterocycles. The molecule has 0 amide bonds. The van der Waals surface area contributed by atoms with E-state index in [1.54, 1.807) is 12.1 Å². The van der Waals surface area contributed by atoms with Crippen LogP contribution in [0.25, 0.3) is 0 Å². The van der Waals surface area contributed by atoms with Crippen molar-refractivity contribution in [1.29, 1.82) is 0 Å². The summed E-state index contributed by atoms with van der Waals surface area (Å²) in [5.74, 6) is -0.0908. The van der Waals surface area contributed by atoms with Gasteiger partial charge in [0.2, 0.25) is 0 Å². The maximum absolute atomic E-state index is 14.0. The molecule has 1 aliphatic carbocycles. The Morgan fingerprint density at radius 1 is 1.25 bits per heavy atom. The fraction of sp³-hybridized carbons (Fsp3) is 0.647. The lowest BCUT2D eigenvalue weighted by Gasteiger charge is -2.25. The highest BCUT2D eigenvalue weighted by atomic mass is 19.1. The van der Waals surface area contributed by atoms with Crippen LogP contribution in [0.5, 0.6) is 0 Å². The van der Waals surface area contributed by atoms with Crippen LogP contribution in [0.2, 0.25) is 0 Å². The third-order valence-corrected chi connectivity index (χ3v) is 4.01. The quantitative estimate of drug-likeness (QED) is 0.740. The molecule has 1 saturated carbocycles. The van der Waals surface area contributed by atoms with Gasteiger partial charge in [-0.3, -0.25) is 0 Å². The van der Waals surface area contributed by atoms with Crippen LogP contribution in [0.15, 0.2) is 24.3 Å². The van der Waals surface area contributed by atoms with Gasteiger partial charge in [-0.15, -0.1) is 0 Å². The number of hydrogen-bond acceptors (Lipinski definition) is 2. The molecule has 20 heavy (non-hydrogen) atoms. The van der Waals surface area contributed by atoms with Crippen LogP contribution in [0.3, 0.4) is 0 Å². The second kappa shape index (κ2) is 7.75. The van der Waals surface area contributed by atoms with E-state index in [0.29, 0.717) is 0 Å². The zero-order valence-electron chi connectivity index (χ0n) is 12.7. The Morgan fingerprint density at radius 2 is 2.00 bits per heavy atom. The Morgan fingerprint density at radius 3 is 2.60 bits per heavy atom. The second-order valence-corrected chi connectivity index (χ2v) is 5.69. The summed E-state index contributed by atoms with van der Waals surface area (Å²) in [6, 6.07) is 8.06. The monoisotopic (exact) mass is 278 g/mol. The first-order valence-corrected chi connectivity index (χ1v) is 7.98. The first-order valence-electron chi connectivity index (χ1n) is 7.98. The second-order valence-electron chi connectivity index (χ2n) is 5.69. The van der Waals surface area contributed by atoms with Crippen LogP contribution in [0.4, 0.5) is 4.39 Å². The summed E-state index contributed by atoms with van der Waals surface area (Å²) in [7, 11) is 0. The van der Waals surface area contributed by atoms with Gasteiger partial charge in [0.05, 0.1) is 0 Å². The van der Waals surface area contributed by atoms with Gasteiger partial charge in [0.25, 0.3) is 0 Å². The van der Waals surface area contributed by atoms with Gasteiger partial charge in [-0.2, -0.15) is 0 Å². The summed E-state index contributed by atoms with van der Waals surface area (Å²) in [5, 5.41) is 3.43. The smallest absolute Gasteiger partial charge is 0.127 e. The summed E-state index contributed by atoms with van der Waals surface area (Å²) in [6.45, 7) is 7.41. The van der Waals surface area contributed by atoms with Crippen molar-refractivity contribution in [3.05, 3.63) is 35.6 Å². The first-order chi connectivity index (χ1) is 9.76. The summed E-state index contributed by atoms with van der Waals surface area (Å²) >= 11 is 0. The number of halogens is 1. The lowest BCUT2D eigenvalue weighted by atomic mass is 10.0. The van der Waals surface area contributed by atoms with Gasteiger partial charge in [-0.1, -0.05) is 32.0 Å². The molecule has 1 atom stereocenters. The predicted octanol–water partition coefficient (Wildman–Crippen LogP) is 3.74. The SMILES string of the molecule is CCCN(CCC(NCC)c1ccccc1F)C1CC1. The van der Waals surface area contributed by atoms with E-state index in [2.05, 4.69) is 24.1 Å². The van der Waals surface area contributed by atoms with Crippen LogP contribution in [0, 0.1) is 5.82 Å². The normalized spacial score (nSPS) is 16.6. The van der Waals surface area contributed by atoms with Crippen LogP contribution < -0.4 is 5.32 Å². The van der Waals surface area contributed by atoms with E-state index in [1.807, 2.05) is 12.1 Å². The van der Waals surface area contributed by atoms with Gasteiger partial charge in [-0.05, 0) is 44.8 Å². The number of nitrogens with one attached hydrogen (secondary N) is 1. The van der Waals surface area contributed by atoms with Crippen molar-refractivity contribution in [2.75, 3.05) is 19.6 Å². The molecule has 1 aromatic carbocycles. The highest BCUT2D eigenvalue weighted by Gasteiger charge is 2.28. The molecule has 0 heterocycles. The van der Waals surface area contributed by atoms with Gasteiger partial charge in [0.15, 0.2) is 0 Å². The summed E-state index contributed by atoms with van der Waals surface area (Å²) in [5.41, 5.74) is 0.807. The zero-order chi connectivity index (χ0) is 14.4. The van der Waals surface area contributed by atoms with Gasteiger partial charge in [0.1, 0.15) is 5.82 Å². The predicted molar refractivity (Wildman–Crippen MR) is 82.3 cm³/mol. The van der Waals surface area contributed by atoms with Crippen molar-refractivity contribution in [3.63, 3.8) is 0 Å². The van der Waals surface area contributed by atoms with Crippen LogP contribution in [-0.2, 0) is 0 Å². The minimum Gasteiger partial charge on any atom is -0.310 e. The molecule has 3 heteroatoms. The molecule has 1 aromatic rings. The van der Waals surface area contributed by atoms with E-state index < -0.39 is 0 Å². The van der Waals surface area contributed by atoms with E-state index in [4.69, 9.17) is 0 Å². The molecule has 1 unspecified atom stereocenters. The topological polar surface area (TPSA) is 15.3 Å². The molecule has 2 nitrogen and oxygen atoms in total. The maximum atomic E-state index is 14.0. The fourth-order valence-corrected chi connectivity index (χ4v) is 2.87. The minimum absolute atomic E-state index is 0.0908. The maximum Gasteiger partial charge on any atom is 0.127 e. The van der Waals surface area contributed by atoms with Crippen molar-refractivity contribution >= 4 is 0 Å².